The van der Waals surface area contributed by atoms with Crippen LogP contribution < -0.4 is 5.73 Å². The van der Waals surface area contributed by atoms with Crippen molar-refractivity contribution >= 4 is 23.2 Å². The van der Waals surface area contributed by atoms with Crippen LogP contribution in [0.4, 0.5) is 0 Å². The van der Waals surface area contributed by atoms with E-state index in [1.54, 1.807) is 12.1 Å². The lowest BCUT2D eigenvalue weighted by Crippen LogP contribution is -2.08. The maximum absolute atomic E-state index is 5.94. The summed E-state index contributed by atoms with van der Waals surface area (Å²) in [7, 11) is 0. The highest BCUT2D eigenvalue weighted by Crippen LogP contribution is 2.26. The maximum Gasteiger partial charge on any atom is 0.0468 e. The average molecular weight is 204 g/mol. The van der Waals surface area contributed by atoms with Gasteiger partial charge in [0, 0.05) is 16.1 Å². The summed E-state index contributed by atoms with van der Waals surface area (Å²) in [4.78, 5) is 0. The summed E-state index contributed by atoms with van der Waals surface area (Å²) < 4.78 is 0. The molecule has 0 saturated carbocycles. The Morgan fingerprint density at radius 3 is 2.58 bits per heavy atom. The minimum absolute atomic E-state index is 0.00904. The van der Waals surface area contributed by atoms with Crippen LogP contribution in [0.5, 0.6) is 0 Å². The molecular weight excluding hydrogens is 193 g/mol. The fraction of sp³-hybridized carbons (Fsp3) is 0.333. The van der Waals surface area contributed by atoms with Gasteiger partial charge in [0.15, 0.2) is 0 Å². The molecule has 0 amide bonds. The molecular formula is C9H11Cl2N. The van der Waals surface area contributed by atoms with Crippen LogP contribution in [0.15, 0.2) is 18.2 Å². The average Bonchev–Trinajstić information content (AvgIpc) is 2.03. The molecule has 1 nitrogen and oxygen atoms in total. The van der Waals surface area contributed by atoms with E-state index in [0.717, 1.165) is 12.0 Å². The Hall–Kier alpha value is -0.240. The second kappa shape index (κ2) is 4.13. The van der Waals surface area contributed by atoms with Gasteiger partial charge in [-0.05, 0) is 24.1 Å². The topological polar surface area (TPSA) is 26.0 Å². The van der Waals surface area contributed by atoms with E-state index in [9.17, 15) is 0 Å². The molecule has 3 heteroatoms. The van der Waals surface area contributed by atoms with Gasteiger partial charge < -0.3 is 5.73 Å². The molecule has 0 fully saturated rings. The van der Waals surface area contributed by atoms with Crippen LogP contribution in [0.1, 0.15) is 24.9 Å². The molecule has 2 N–H and O–H groups in total. The molecule has 1 aromatic carbocycles. The molecule has 1 atom stereocenters. The first-order valence-electron chi connectivity index (χ1n) is 3.85. The monoisotopic (exact) mass is 203 g/mol. The summed E-state index contributed by atoms with van der Waals surface area (Å²) in [6.45, 7) is 2.02. The first-order valence-corrected chi connectivity index (χ1v) is 4.61. The first-order chi connectivity index (χ1) is 5.65. The van der Waals surface area contributed by atoms with Crippen molar-refractivity contribution in [3.63, 3.8) is 0 Å². The Kier molecular flexibility index (Phi) is 3.39. The Morgan fingerprint density at radius 1 is 1.42 bits per heavy atom. The maximum atomic E-state index is 5.94. The summed E-state index contributed by atoms with van der Waals surface area (Å²) in [5.41, 5.74) is 6.78. The van der Waals surface area contributed by atoms with Crippen molar-refractivity contribution in [2.45, 2.75) is 19.4 Å². The minimum atomic E-state index is 0.00904. The summed E-state index contributed by atoms with van der Waals surface area (Å²) in [5, 5.41) is 1.30. The zero-order valence-electron chi connectivity index (χ0n) is 6.85. The lowest BCUT2D eigenvalue weighted by Gasteiger charge is -2.10. The van der Waals surface area contributed by atoms with Crippen LogP contribution >= 0.6 is 23.2 Å². The third-order valence-electron chi connectivity index (χ3n) is 1.80. The second-order valence-electron chi connectivity index (χ2n) is 2.68. The Morgan fingerprint density at radius 2 is 2.08 bits per heavy atom. The Bertz CT molecular complexity index is 273. The summed E-state index contributed by atoms with van der Waals surface area (Å²) in [6.07, 6.45) is 0.876. The van der Waals surface area contributed by atoms with Gasteiger partial charge in [0.2, 0.25) is 0 Å². The van der Waals surface area contributed by atoms with E-state index >= 15 is 0 Å². The number of nitrogens with two attached hydrogens (primary N) is 1. The number of hydrogen-bond donors (Lipinski definition) is 1. The van der Waals surface area contributed by atoms with Crippen LogP contribution in [-0.4, -0.2) is 0 Å². The predicted octanol–water partition coefficient (Wildman–Crippen LogP) is 3.40. The molecule has 0 heterocycles. The van der Waals surface area contributed by atoms with Gasteiger partial charge in [-0.1, -0.05) is 36.2 Å². The number of hydrogen-bond acceptors (Lipinski definition) is 1. The van der Waals surface area contributed by atoms with E-state index in [4.69, 9.17) is 28.9 Å². The number of benzene rings is 1. The standard InChI is InChI=1S/C9H11Cl2N/c1-2-9(12)7-4-3-6(10)5-8(7)11/h3-5,9H,2,12H2,1H3. The van der Waals surface area contributed by atoms with Crippen LogP contribution in [0.25, 0.3) is 0 Å². The van der Waals surface area contributed by atoms with Gasteiger partial charge in [0.05, 0.1) is 0 Å². The minimum Gasteiger partial charge on any atom is -0.324 e. The van der Waals surface area contributed by atoms with Gasteiger partial charge in [-0.2, -0.15) is 0 Å². The smallest absolute Gasteiger partial charge is 0.0468 e. The van der Waals surface area contributed by atoms with Gasteiger partial charge in [-0.15, -0.1) is 0 Å². The third kappa shape index (κ3) is 2.13. The van der Waals surface area contributed by atoms with Gasteiger partial charge in [-0.25, -0.2) is 0 Å². The molecule has 0 spiro atoms. The molecule has 0 saturated heterocycles. The quantitative estimate of drug-likeness (QED) is 0.784. The fourth-order valence-electron chi connectivity index (χ4n) is 1.02. The highest BCUT2D eigenvalue weighted by molar-refractivity contribution is 6.35. The number of halogens is 2. The molecule has 66 valence electrons. The third-order valence-corrected chi connectivity index (χ3v) is 2.36. The van der Waals surface area contributed by atoms with Crippen molar-refractivity contribution in [3.8, 4) is 0 Å². The molecule has 0 aromatic heterocycles. The van der Waals surface area contributed by atoms with E-state index < -0.39 is 0 Å². The molecule has 12 heavy (non-hydrogen) atoms. The summed E-state index contributed by atoms with van der Waals surface area (Å²) >= 11 is 11.7. The lowest BCUT2D eigenvalue weighted by molar-refractivity contribution is 0.699. The van der Waals surface area contributed by atoms with E-state index in [1.807, 2.05) is 13.0 Å². The van der Waals surface area contributed by atoms with Gasteiger partial charge >= 0.3 is 0 Å². The Labute approximate surface area is 82.5 Å². The largest absolute Gasteiger partial charge is 0.324 e. The van der Waals surface area contributed by atoms with E-state index in [1.165, 1.54) is 0 Å². The molecule has 0 aliphatic rings. The molecule has 0 aliphatic carbocycles. The zero-order valence-corrected chi connectivity index (χ0v) is 8.36. The van der Waals surface area contributed by atoms with Crippen LogP contribution in [0.3, 0.4) is 0 Å². The summed E-state index contributed by atoms with van der Waals surface area (Å²) in [6, 6.07) is 5.40. The van der Waals surface area contributed by atoms with Crippen molar-refractivity contribution in [1.29, 1.82) is 0 Å². The molecule has 0 bridgehead atoms. The van der Waals surface area contributed by atoms with Crippen molar-refractivity contribution in [3.05, 3.63) is 33.8 Å². The molecule has 1 rings (SSSR count). The predicted molar refractivity (Wildman–Crippen MR) is 53.7 cm³/mol. The number of rotatable bonds is 2. The Balaban J connectivity index is 3.01. The molecule has 0 radical (unpaired) electrons. The van der Waals surface area contributed by atoms with Crippen molar-refractivity contribution < 1.29 is 0 Å². The van der Waals surface area contributed by atoms with Gasteiger partial charge in [0.1, 0.15) is 0 Å². The molecule has 1 unspecified atom stereocenters. The van der Waals surface area contributed by atoms with E-state index in [0.29, 0.717) is 10.0 Å². The van der Waals surface area contributed by atoms with Gasteiger partial charge in [-0.3, -0.25) is 0 Å². The van der Waals surface area contributed by atoms with Crippen molar-refractivity contribution in [2.75, 3.05) is 0 Å². The summed E-state index contributed by atoms with van der Waals surface area (Å²) in [5.74, 6) is 0. The second-order valence-corrected chi connectivity index (χ2v) is 3.52. The highest BCUT2D eigenvalue weighted by atomic mass is 35.5. The van der Waals surface area contributed by atoms with Crippen LogP contribution in [0.2, 0.25) is 10.0 Å². The van der Waals surface area contributed by atoms with E-state index in [-0.39, 0.29) is 6.04 Å². The normalized spacial score (nSPS) is 13.0. The van der Waals surface area contributed by atoms with Crippen molar-refractivity contribution in [1.82, 2.24) is 0 Å². The zero-order chi connectivity index (χ0) is 9.14. The lowest BCUT2D eigenvalue weighted by atomic mass is 10.1. The molecule has 0 aliphatic heterocycles. The van der Waals surface area contributed by atoms with Crippen LogP contribution in [0, 0.1) is 0 Å². The first kappa shape index (κ1) is 9.85. The highest BCUT2D eigenvalue weighted by Gasteiger charge is 2.07. The molecule has 1 aromatic rings. The van der Waals surface area contributed by atoms with Crippen LogP contribution in [-0.2, 0) is 0 Å². The SMILES string of the molecule is CCC(N)c1ccc(Cl)cc1Cl. The van der Waals surface area contributed by atoms with E-state index in [2.05, 4.69) is 0 Å². The van der Waals surface area contributed by atoms with Crippen molar-refractivity contribution in [2.24, 2.45) is 5.73 Å². The van der Waals surface area contributed by atoms with Gasteiger partial charge in [0.25, 0.3) is 0 Å². The fourth-order valence-corrected chi connectivity index (χ4v) is 1.57.